The van der Waals surface area contributed by atoms with E-state index in [0.717, 1.165) is 0 Å². The molecule has 0 aromatic rings. The zero-order valence-electron chi connectivity index (χ0n) is 14.7. The molecule has 0 spiro atoms. The molecule has 0 saturated heterocycles. The number of nitrogens with one attached hydrogen (secondary N) is 2. The summed E-state index contributed by atoms with van der Waals surface area (Å²) in [7, 11) is 0. The number of hydrogen-bond acceptors (Lipinski definition) is 3. The number of carbonyl (C=O) groups is 1. The van der Waals surface area contributed by atoms with Crippen molar-refractivity contribution in [3.05, 3.63) is 0 Å². The van der Waals surface area contributed by atoms with E-state index < -0.39 is 6.10 Å². The van der Waals surface area contributed by atoms with E-state index in [0.29, 0.717) is 0 Å². The van der Waals surface area contributed by atoms with E-state index in [9.17, 15) is 9.90 Å². The Morgan fingerprint density at radius 2 is 1.45 bits per heavy atom. The van der Waals surface area contributed by atoms with Gasteiger partial charge in [-0.1, -0.05) is 34.6 Å². The molecule has 120 valence electrons. The van der Waals surface area contributed by atoms with Gasteiger partial charge in [0.15, 0.2) is 0 Å². The Kier molecular flexibility index (Phi) is 6.69. The third-order valence-electron chi connectivity index (χ3n) is 3.27. The van der Waals surface area contributed by atoms with Crippen LogP contribution in [0.5, 0.6) is 0 Å². The van der Waals surface area contributed by atoms with Crippen LogP contribution < -0.4 is 10.6 Å². The van der Waals surface area contributed by atoms with Gasteiger partial charge in [0.1, 0.15) is 0 Å². The van der Waals surface area contributed by atoms with E-state index >= 15 is 0 Å². The van der Waals surface area contributed by atoms with Crippen LogP contribution in [-0.2, 0) is 4.79 Å². The Labute approximate surface area is 124 Å². The second-order valence-corrected chi connectivity index (χ2v) is 8.22. The van der Waals surface area contributed by atoms with E-state index in [1.807, 2.05) is 62.3 Å². The van der Waals surface area contributed by atoms with Crippen LogP contribution in [0.1, 0.15) is 62.3 Å². The monoisotopic (exact) mass is 286 g/mol. The number of aliphatic hydroxyl groups excluding tert-OH is 1. The topological polar surface area (TPSA) is 61.4 Å². The summed E-state index contributed by atoms with van der Waals surface area (Å²) in [4.78, 5) is 12.4. The molecule has 1 amide bonds. The molecule has 0 heterocycles. The second-order valence-electron chi connectivity index (χ2n) is 8.22. The average Bonchev–Trinajstić information content (AvgIpc) is 2.21. The van der Waals surface area contributed by atoms with E-state index in [2.05, 4.69) is 10.6 Å². The maximum atomic E-state index is 12.4. The fourth-order valence-electron chi connectivity index (χ4n) is 2.14. The largest absolute Gasteiger partial charge is 0.390 e. The zero-order valence-corrected chi connectivity index (χ0v) is 14.7. The zero-order chi connectivity index (χ0) is 16.3. The third-order valence-corrected chi connectivity index (χ3v) is 3.27. The minimum atomic E-state index is -0.575. The minimum Gasteiger partial charge on any atom is -0.390 e. The van der Waals surface area contributed by atoms with Crippen LogP contribution in [0, 0.1) is 11.3 Å². The van der Waals surface area contributed by atoms with Gasteiger partial charge in [-0.05, 0) is 39.0 Å². The first-order valence-electron chi connectivity index (χ1n) is 7.52. The van der Waals surface area contributed by atoms with Crippen molar-refractivity contribution in [2.45, 2.75) is 86.0 Å². The van der Waals surface area contributed by atoms with Gasteiger partial charge in [-0.25, -0.2) is 0 Å². The average molecular weight is 286 g/mol. The van der Waals surface area contributed by atoms with Gasteiger partial charge in [0.2, 0.25) is 5.91 Å². The van der Waals surface area contributed by atoms with Crippen LogP contribution in [-0.4, -0.2) is 34.7 Å². The van der Waals surface area contributed by atoms with Crippen LogP contribution in [0.15, 0.2) is 0 Å². The molecule has 20 heavy (non-hydrogen) atoms. The molecule has 3 unspecified atom stereocenters. The number of rotatable bonds is 5. The lowest BCUT2D eigenvalue weighted by Crippen LogP contribution is -2.57. The first-order valence-corrected chi connectivity index (χ1v) is 7.52. The lowest BCUT2D eigenvalue weighted by atomic mass is 9.85. The van der Waals surface area contributed by atoms with Gasteiger partial charge >= 0.3 is 0 Å². The van der Waals surface area contributed by atoms with Crippen molar-refractivity contribution < 1.29 is 9.90 Å². The third kappa shape index (κ3) is 6.71. The Bertz CT molecular complexity index is 313. The highest BCUT2D eigenvalue weighted by Crippen LogP contribution is 2.21. The second kappa shape index (κ2) is 6.90. The van der Waals surface area contributed by atoms with Crippen LogP contribution in [0.25, 0.3) is 0 Å². The van der Waals surface area contributed by atoms with E-state index in [4.69, 9.17) is 0 Å². The summed E-state index contributed by atoms with van der Waals surface area (Å²) in [5.41, 5.74) is -0.379. The van der Waals surface area contributed by atoms with Crippen molar-refractivity contribution >= 4 is 5.91 Å². The van der Waals surface area contributed by atoms with Crippen molar-refractivity contribution in [2.24, 2.45) is 11.3 Å². The molecule has 0 bridgehead atoms. The Morgan fingerprint density at radius 3 is 1.75 bits per heavy atom. The van der Waals surface area contributed by atoms with Crippen LogP contribution in [0.4, 0.5) is 0 Å². The molecule has 0 aliphatic carbocycles. The van der Waals surface area contributed by atoms with Gasteiger partial charge in [-0.3, -0.25) is 4.79 Å². The number of hydrogen-bond donors (Lipinski definition) is 3. The summed E-state index contributed by atoms with van der Waals surface area (Å²) in [5, 5.41) is 16.5. The van der Waals surface area contributed by atoms with Gasteiger partial charge in [0.05, 0.1) is 18.2 Å². The molecule has 3 atom stereocenters. The molecule has 0 aromatic heterocycles. The molecule has 0 aliphatic heterocycles. The van der Waals surface area contributed by atoms with Gasteiger partial charge in [0.25, 0.3) is 0 Å². The fourth-order valence-corrected chi connectivity index (χ4v) is 2.14. The Balaban J connectivity index is 4.78. The summed E-state index contributed by atoms with van der Waals surface area (Å²) in [6.45, 7) is 17.9. The van der Waals surface area contributed by atoms with Gasteiger partial charge < -0.3 is 15.7 Å². The standard InChI is InChI=1S/C16H34N2O2/c1-10(2)12(18-16(7,8)9)14(20)17-11(3)13(19)15(4,5)6/h10-13,18-19H,1-9H3,(H,17,20). The summed E-state index contributed by atoms with van der Waals surface area (Å²) >= 11 is 0. The molecule has 0 saturated carbocycles. The maximum Gasteiger partial charge on any atom is 0.237 e. The van der Waals surface area contributed by atoms with E-state index in [1.165, 1.54) is 0 Å². The molecule has 0 aliphatic rings. The summed E-state index contributed by atoms with van der Waals surface area (Å²) in [6, 6.07) is -0.532. The first kappa shape index (κ1) is 19.4. The summed E-state index contributed by atoms with van der Waals surface area (Å²) in [5.74, 6) is 0.138. The van der Waals surface area contributed by atoms with E-state index in [-0.39, 0.29) is 34.9 Å². The lowest BCUT2D eigenvalue weighted by molar-refractivity contribution is -0.126. The molecule has 4 nitrogen and oxygen atoms in total. The van der Waals surface area contributed by atoms with Crippen molar-refractivity contribution in [1.29, 1.82) is 0 Å². The first-order chi connectivity index (χ1) is 8.75. The molecule has 4 heteroatoms. The predicted molar refractivity (Wildman–Crippen MR) is 84.6 cm³/mol. The molecule has 0 rings (SSSR count). The van der Waals surface area contributed by atoms with Gasteiger partial charge in [-0.2, -0.15) is 0 Å². The highest BCUT2D eigenvalue weighted by Gasteiger charge is 2.32. The minimum absolute atomic E-state index is 0.0503. The number of amides is 1. The molecule has 3 N–H and O–H groups in total. The van der Waals surface area contributed by atoms with Gasteiger partial charge in [0, 0.05) is 5.54 Å². The summed E-state index contributed by atoms with van der Waals surface area (Å²) < 4.78 is 0. The van der Waals surface area contributed by atoms with Crippen molar-refractivity contribution in [2.75, 3.05) is 0 Å². The van der Waals surface area contributed by atoms with Gasteiger partial charge in [-0.15, -0.1) is 0 Å². The van der Waals surface area contributed by atoms with Crippen LogP contribution >= 0.6 is 0 Å². The normalized spacial score (nSPS) is 17.8. The lowest BCUT2D eigenvalue weighted by Gasteiger charge is -2.34. The van der Waals surface area contributed by atoms with E-state index in [1.54, 1.807) is 0 Å². The number of aliphatic hydroxyl groups is 1. The quantitative estimate of drug-likeness (QED) is 0.727. The Morgan fingerprint density at radius 1 is 1.00 bits per heavy atom. The van der Waals surface area contributed by atoms with Crippen LogP contribution in [0.3, 0.4) is 0 Å². The molecule has 0 radical (unpaired) electrons. The predicted octanol–water partition coefficient (Wildman–Crippen LogP) is 2.31. The van der Waals surface area contributed by atoms with Crippen LogP contribution in [0.2, 0.25) is 0 Å². The molecule has 0 aromatic carbocycles. The molecular formula is C16H34N2O2. The SMILES string of the molecule is CC(C)C(NC(C)(C)C)C(=O)NC(C)C(O)C(C)(C)C. The fraction of sp³-hybridized carbons (Fsp3) is 0.938. The van der Waals surface area contributed by atoms with Crippen molar-refractivity contribution in [1.82, 2.24) is 10.6 Å². The van der Waals surface area contributed by atoms with Crippen molar-refractivity contribution in [3.63, 3.8) is 0 Å². The molecule has 0 fully saturated rings. The number of carbonyl (C=O) groups excluding carboxylic acids is 1. The molecular weight excluding hydrogens is 252 g/mol. The maximum absolute atomic E-state index is 12.4. The summed E-state index contributed by atoms with van der Waals surface area (Å²) in [6.07, 6.45) is -0.575. The highest BCUT2D eigenvalue weighted by atomic mass is 16.3. The Hall–Kier alpha value is -0.610. The smallest absolute Gasteiger partial charge is 0.237 e. The highest BCUT2D eigenvalue weighted by molar-refractivity contribution is 5.82. The van der Waals surface area contributed by atoms with Crippen molar-refractivity contribution in [3.8, 4) is 0 Å².